The summed E-state index contributed by atoms with van der Waals surface area (Å²) in [5.41, 5.74) is 0.0218. The molecule has 6 nitrogen and oxygen atoms in total. The highest BCUT2D eigenvalue weighted by Gasteiger charge is 2.18. The Hall–Kier alpha value is -0.985. The van der Waals surface area contributed by atoms with Crippen molar-refractivity contribution in [3.63, 3.8) is 0 Å². The van der Waals surface area contributed by atoms with Crippen LogP contribution in [0, 0.1) is 10.1 Å². The molecule has 0 amide bonds. The second-order valence-corrected chi connectivity index (χ2v) is 3.02. The van der Waals surface area contributed by atoms with Gasteiger partial charge in [0, 0.05) is 22.0 Å². The molecule has 0 aliphatic heterocycles. The Balaban J connectivity index is 3.19. The van der Waals surface area contributed by atoms with Crippen LogP contribution in [0.25, 0.3) is 0 Å². The molecule has 0 saturated heterocycles. The number of hydrogen-bond donors (Lipinski definition) is 2. The van der Waals surface area contributed by atoms with Crippen LogP contribution in [0.15, 0.2) is 16.7 Å². The molecule has 1 rings (SSSR count). The third-order valence-corrected chi connectivity index (χ3v) is 1.69. The molecular formula is C5H4BBrN2O4. The monoisotopic (exact) mass is 246 g/mol. The highest BCUT2D eigenvalue weighted by molar-refractivity contribution is 9.10. The van der Waals surface area contributed by atoms with Gasteiger partial charge in [-0.3, -0.25) is 0 Å². The maximum Gasteiger partial charge on any atom is 0.488 e. The first-order valence-electron chi connectivity index (χ1n) is 3.18. The number of aromatic nitrogens is 1. The molecular weight excluding hydrogens is 243 g/mol. The van der Waals surface area contributed by atoms with Crippen molar-refractivity contribution >= 4 is 34.3 Å². The fourth-order valence-electron chi connectivity index (χ4n) is 0.745. The van der Waals surface area contributed by atoms with Crippen LogP contribution in [0.2, 0.25) is 0 Å². The minimum Gasteiger partial charge on any atom is -0.423 e. The largest absolute Gasteiger partial charge is 0.488 e. The summed E-state index contributed by atoms with van der Waals surface area (Å²) in [6, 6.07) is 2.28. The molecule has 0 fully saturated rings. The van der Waals surface area contributed by atoms with Crippen LogP contribution < -0.4 is 5.46 Å². The summed E-state index contributed by atoms with van der Waals surface area (Å²) >= 11 is 2.91. The lowest BCUT2D eigenvalue weighted by Gasteiger charge is -1.98. The van der Waals surface area contributed by atoms with Gasteiger partial charge in [-0.25, -0.2) is 0 Å². The van der Waals surface area contributed by atoms with Crippen LogP contribution in [0.1, 0.15) is 0 Å². The average molecular weight is 247 g/mol. The zero-order valence-electron chi connectivity index (χ0n) is 6.22. The summed E-state index contributed by atoms with van der Waals surface area (Å²) in [5.74, 6) is -0.433. The van der Waals surface area contributed by atoms with Gasteiger partial charge in [0.1, 0.15) is 0 Å². The third kappa shape index (κ3) is 2.48. The van der Waals surface area contributed by atoms with Gasteiger partial charge >= 0.3 is 12.9 Å². The second-order valence-electron chi connectivity index (χ2n) is 2.21. The summed E-state index contributed by atoms with van der Waals surface area (Å²) < 4.78 is 0.185. The van der Waals surface area contributed by atoms with E-state index in [1.165, 1.54) is 6.07 Å². The molecule has 68 valence electrons. The molecule has 0 spiro atoms. The smallest absolute Gasteiger partial charge is 0.423 e. The van der Waals surface area contributed by atoms with Crippen molar-refractivity contribution in [2.75, 3.05) is 0 Å². The standard InChI is InChI=1S/C5H4BBrN2O4/c7-4-1-3(6(10)11)2-5(8-4)9(12)13/h1-2,10-11H. The number of nitro groups is 1. The first kappa shape index (κ1) is 10.1. The Morgan fingerprint density at radius 1 is 1.54 bits per heavy atom. The molecule has 0 aliphatic carbocycles. The normalized spacial score (nSPS) is 9.77. The molecule has 1 heterocycles. The van der Waals surface area contributed by atoms with Crippen LogP contribution in [0.5, 0.6) is 0 Å². The van der Waals surface area contributed by atoms with E-state index in [-0.39, 0.29) is 10.1 Å². The van der Waals surface area contributed by atoms with E-state index in [0.717, 1.165) is 6.07 Å². The van der Waals surface area contributed by atoms with Crippen molar-refractivity contribution in [1.82, 2.24) is 4.98 Å². The third-order valence-electron chi connectivity index (χ3n) is 1.29. The predicted octanol–water partition coefficient (Wildman–Crippen LogP) is -0.568. The molecule has 13 heavy (non-hydrogen) atoms. The van der Waals surface area contributed by atoms with E-state index in [1.807, 2.05) is 0 Å². The number of nitrogens with zero attached hydrogens (tertiary/aromatic N) is 2. The van der Waals surface area contributed by atoms with Crippen LogP contribution in [0.3, 0.4) is 0 Å². The number of pyridine rings is 1. The predicted molar refractivity (Wildman–Crippen MR) is 48.4 cm³/mol. The Morgan fingerprint density at radius 3 is 2.62 bits per heavy atom. The van der Waals surface area contributed by atoms with Gasteiger partial charge in [-0.05, 0) is 21.4 Å². The number of hydrogen-bond acceptors (Lipinski definition) is 5. The van der Waals surface area contributed by atoms with Crippen molar-refractivity contribution in [2.45, 2.75) is 0 Å². The van der Waals surface area contributed by atoms with Gasteiger partial charge in [-0.2, -0.15) is 0 Å². The molecule has 8 heteroatoms. The molecule has 0 radical (unpaired) electrons. The Labute approximate surface area is 81.7 Å². The maximum absolute atomic E-state index is 10.3. The molecule has 1 aromatic heterocycles. The van der Waals surface area contributed by atoms with Crippen LogP contribution in [-0.2, 0) is 0 Å². The van der Waals surface area contributed by atoms with E-state index in [9.17, 15) is 10.1 Å². The summed E-state index contributed by atoms with van der Waals surface area (Å²) in [5, 5.41) is 27.8. The lowest BCUT2D eigenvalue weighted by molar-refractivity contribution is -0.389. The highest BCUT2D eigenvalue weighted by atomic mass is 79.9. The zero-order valence-corrected chi connectivity index (χ0v) is 7.80. The average Bonchev–Trinajstić information content (AvgIpc) is 2.03. The fraction of sp³-hybridized carbons (Fsp3) is 0. The van der Waals surface area contributed by atoms with Crippen molar-refractivity contribution in [3.8, 4) is 0 Å². The van der Waals surface area contributed by atoms with E-state index in [4.69, 9.17) is 10.0 Å². The summed E-state index contributed by atoms with van der Waals surface area (Å²) in [6.45, 7) is 0. The molecule has 2 N–H and O–H groups in total. The van der Waals surface area contributed by atoms with Crippen molar-refractivity contribution in [3.05, 3.63) is 26.9 Å². The van der Waals surface area contributed by atoms with Gasteiger partial charge < -0.3 is 20.2 Å². The molecule has 0 aliphatic rings. The van der Waals surface area contributed by atoms with E-state index in [0.29, 0.717) is 0 Å². The number of rotatable bonds is 2. The van der Waals surface area contributed by atoms with Crippen molar-refractivity contribution < 1.29 is 15.0 Å². The van der Waals surface area contributed by atoms with Crippen LogP contribution in [-0.4, -0.2) is 27.1 Å². The first-order chi connectivity index (χ1) is 6.00. The van der Waals surface area contributed by atoms with Gasteiger partial charge in [0.2, 0.25) is 4.60 Å². The topological polar surface area (TPSA) is 96.5 Å². The fourth-order valence-corrected chi connectivity index (χ4v) is 1.19. The minimum atomic E-state index is -1.74. The quantitative estimate of drug-likeness (QED) is 0.315. The van der Waals surface area contributed by atoms with Gasteiger partial charge in [0.25, 0.3) is 0 Å². The summed E-state index contributed by atoms with van der Waals surface area (Å²) in [6.07, 6.45) is 0. The lowest BCUT2D eigenvalue weighted by Crippen LogP contribution is -2.30. The maximum atomic E-state index is 10.3. The summed E-state index contributed by atoms with van der Waals surface area (Å²) in [7, 11) is -1.74. The molecule has 0 aromatic carbocycles. The van der Waals surface area contributed by atoms with E-state index < -0.39 is 17.9 Å². The van der Waals surface area contributed by atoms with Gasteiger partial charge in [0.15, 0.2) is 0 Å². The molecule has 0 unspecified atom stereocenters. The highest BCUT2D eigenvalue weighted by Crippen LogP contribution is 2.10. The molecule has 0 bridgehead atoms. The first-order valence-corrected chi connectivity index (χ1v) is 3.98. The van der Waals surface area contributed by atoms with Gasteiger partial charge in [0.05, 0.1) is 0 Å². The van der Waals surface area contributed by atoms with Crippen molar-refractivity contribution in [1.29, 1.82) is 0 Å². The van der Waals surface area contributed by atoms with Crippen molar-refractivity contribution in [2.24, 2.45) is 0 Å². The molecule has 1 aromatic rings. The van der Waals surface area contributed by atoms with E-state index in [1.54, 1.807) is 0 Å². The van der Waals surface area contributed by atoms with Gasteiger partial charge in [-0.1, -0.05) is 0 Å². The van der Waals surface area contributed by atoms with E-state index in [2.05, 4.69) is 20.9 Å². The van der Waals surface area contributed by atoms with Crippen LogP contribution in [0.4, 0.5) is 5.82 Å². The second kappa shape index (κ2) is 3.82. The molecule has 0 atom stereocenters. The van der Waals surface area contributed by atoms with Gasteiger partial charge in [-0.15, -0.1) is 0 Å². The molecule has 0 saturated carbocycles. The van der Waals surface area contributed by atoms with E-state index >= 15 is 0 Å². The zero-order chi connectivity index (χ0) is 10.0. The summed E-state index contributed by atoms with van der Waals surface area (Å²) in [4.78, 5) is 13.1. The minimum absolute atomic E-state index is 0.0218. The SMILES string of the molecule is O=[N+]([O-])c1cc(B(O)O)cc(Br)n1. The lowest BCUT2D eigenvalue weighted by atomic mass is 9.81. The number of halogens is 1. The Morgan fingerprint density at radius 2 is 2.15 bits per heavy atom. The van der Waals surface area contributed by atoms with Crippen LogP contribution >= 0.6 is 15.9 Å². The Kier molecular flexibility index (Phi) is 2.96. The Bertz CT molecular complexity index is 345.